The minimum Gasteiger partial charge on any atom is -0.484 e. The molecule has 7 heteroatoms. The van der Waals surface area contributed by atoms with Crippen LogP contribution in [0, 0.1) is 6.92 Å². The third-order valence-electron chi connectivity index (χ3n) is 3.76. The van der Waals surface area contributed by atoms with Gasteiger partial charge in [-0.05, 0) is 54.9 Å². The van der Waals surface area contributed by atoms with E-state index < -0.39 is 11.8 Å². The third-order valence-corrected chi connectivity index (χ3v) is 3.96. The molecule has 2 aromatic rings. The number of aryl methyl sites for hydroxylation is 2. The third kappa shape index (κ3) is 7.59. The van der Waals surface area contributed by atoms with Gasteiger partial charge in [0.2, 0.25) is 5.91 Å². The van der Waals surface area contributed by atoms with E-state index in [2.05, 4.69) is 23.1 Å². The van der Waals surface area contributed by atoms with Crippen LogP contribution in [0.4, 0.5) is 0 Å². The number of ether oxygens (including phenoxy) is 1. The van der Waals surface area contributed by atoms with Crippen molar-refractivity contribution in [2.24, 2.45) is 0 Å². The summed E-state index contributed by atoms with van der Waals surface area (Å²) in [6.45, 7) is 3.88. The summed E-state index contributed by atoms with van der Waals surface area (Å²) in [4.78, 5) is 23.6. The van der Waals surface area contributed by atoms with Crippen molar-refractivity contribution in [2.75, 3.05) is 6.61 Å². The van der Waals surface area contributed by atoms with E-state index in [1.165, 1.54) is 11.6 Å². The van der Waals surface area contributed by atoms with Crippen LogP contribution in [-0.2, 0) is 16.0 Å². The Bertz CT molecular complexity index is 846. The zero-order valence-electron chi connectivity index (χ0n) is 15.8. The highest BCUT2D eigenvalue weighted by atomic mass is 32.1. The Morgan fingerprint density at radius 2 is 1.71 bits per heavy atom. The molecule has 28 heavy (non-hydrogen) atoms. The molecule has 0 aliphatic carbocycles. The van der Waals surface area contributed by atoms with Crippen LogP contribution >= 0.6 is 12.2 Å². The van der Waals surface area contributed by atoms with Crippen molar-refractivity contribution in [3.05, 3.63) is 71.3 Å². The minimum atomic E-state index is -0.425. The van der Waals surface area contributed by atoms with E-state index in [1.807, 2.05) is 55.5 Å². The molecular formula is C21H23N3O3S. The Labute approximate surface area is 169 Å². The normalized spacial score (nSPS) is 10.4. The number of amides is 2. The lowest BCUT2D eigenvalue weighted by atomic mass is 10.1. The standard InChI is InChI=1S/C21H23N3O3S/c1-3-16-8-11-18(12-9-16)27-14-20(26)23-24-21(28)22-19(25)13-10-17-6-4-15(2)5-7-17/h4-13H,3,14H2,1-2H3,(H,23,26)(H2,22,24,25,28). The summed E-state index contributed by atoms with van der Waals surface area (Å²) in [5.41, 5.74) is 8.06. The summed E-state index contributed by atoms with van der Waals surface area (Å²) in [6.07, 6.45) is 3.98. The topological polar surface area (TPSA) is 79.5 Å². The van der Waals surface area contributed by atoms with Gasteiger partial charge in [-0.25, -0.2) is 0 Å². The molecule has 3 N–H and O–H groups in total. The van der Waals surface area contributed by atoms with Crippen LogP contribution in [0.3, 0.4) is 0 Å². The monoisotopic (exact) mass is 397 g/mol. The molecule has 0 atom stereocenters. The van der Waals surface area contributed by atoms with E-state index in [-0.39, 0.29) is 11.7 Å². The molecule has 2 aromatic carbocycles. The van der Waals surface area contributed by atoms with Gasteiger partial charge in [0.05, 0.1) is 0 Å². The molecule has 0 spiro atoms. The highest BCUT2D eigenvalue weighted by molar-refractivity contribution is 7.80. The molecule has 0 saturated carbocycles. The molecule has 0 aromatic heterocycles. The second kappa shape index (κ2) is 10.8. The maximum absolute atomic E-state index is 11.8. The zero-order valence-corrected chi connectivity index (χ0v) is 16.6. The van der Waals surface area contributed by atoms with Gasteiger partial charge in [0.15, 0.2) is 11.7 Å². The van der Waals surface area contributed by atoms with Crippen LogP contribution < -0.4 is 20.9 Å². The Hall–Kier alpha value is -3.19. The van der Waals surface area contributed by atoms with Gasteiger partial charge in [-0.2, -0.15) is 0 Å². The van der Waals surface area contributed by atoms with Gasteiger partial charge >= 0.3 is 0 Å². The number of carbonyl (C=O) groups is 2. The fraction of sp³-hybridized carbons (Fsp3) is 0.190. The van der Waals surface area contributed by atoms with Crippen molar-refractivity contribution >= 4 is 35.2 Å². The van der Waals surface area contributed by atoms with E-state index in [9.17, 15) is 9.59 Å². The molecule has 0 bridgehead atoms. The molecule has 0 radical (unpaired) electrons. The average molecular weight is 398 g/mol. The SMILES string of the molecule is CCc1ccc(OCC(=O)NNC(=S)NC(=O)C=Cc2ccc(C)cc2)cc1. The maximum atomic E-state index is 11.8. The van der Waals surface area contributed by atoms with Gasteiger partial charge in [0.1, 0.15) is 5.75 Å². The van der Waals surface area contributed by atoms with E-state index in [0.29, 0.717) is 5.75 Å². The van der Waals surface area contributed by atoms with Gasteiger partial charge in [-0.15, -0.1) is 0 Å². The number of hydrogen-bond donors (Lipinski definition) is 3. The molecule has 0 fully saturated rings. The molecule has 6 nitrogen and oxygen atoms in total. The summed E-state index contributed by atoms with van der Waals surface area (Å²) in [5.74, 6) is -0.226. The number of nitrogens with one attached hydrogen (secondary N) is 3. The molecule has 0 saturated heterocycles. The molecule has 146 valence electrons. The molecular weight excluding hydrogens is 374 g/mol. The number of benzene rings is 2. The summed E-state index contributed by atoms with van der Waals surface area (Å²) >= 11 is 4.97. The number of hydrogen-bond acceptors (Lipinski definition) is 4. The van der Waals surface area contributed by atoms with Crippen LogP contribution in [0.25, 0.3) is 6.08 Å². The van der Waals surface area contributed by atoms with Crippen molar-refractivity contribution in [1.82, 2.24) is 16.2 Å². The molecule has 0 aliphatic heterocycles. The first kappa shape index (κ1) is 21.1. The van der Waals surface area contributed by atoms with E-state index in [0.717, 1.165) is 17.5 Å². The molecule has 0 unspecified atom stereocenters. The van der Waals surface area contributed by atoms with Gasteiger partial charge in [-0.3, -0.25) is 25.8 Å². The van der Waals surface area contributed by atoms with Crippen LogP contribution in [0.2, 0.25) is 0 Å². The molecule has 0 heterocycles. The predicted molar refractivity (Wildman–Crippen MR) is 114 cm³/mol. The second-order valence-electron chi connectivity index (χ2n) is 6.02. The lowest BCUT2D eigenvalue weighted by Gasteiger charge is -2.10. The minimum absolute atomic E-state index is 0.0146. The lowest BCUT2D eigenvalue weighted by Crippen LogP contribution is -2.49. The van der Waals surface area contributed by atoms with E-state index >= 15 is 0 Å². The number of thiocarbonyl (C=S) groups is 1. The second-order valence-corrected chi connectivity index (χ2v) is 6.43. The molecule has 2 amide bonds. The highest BCUT2D eigenvalue weighted by Gasteiger charge is 2.05. The number of carbonyl (C=O) groups excluding carboxylic acids is 2. The van der Waals surface area contributed by atoms with Crippen LogP contribution in [0.1, 0.15) is 23.6 Å². The Morgan fingerprint density at radius 3 is 2.36 bits per heavy atom. The number of rotatable bonds is 6. The number of hydrazine groups is 1. The predicted octanol–water partition coefficient (Wildman–Crippen LogP) is 2.67. The summed E-state index contributed by atoms with van der Waals surface area (Å²) in [5, 5.41) is 2.43. The summed E-state index contributed by atoms with van der Waals surface area (Å²) < 4.78 is 5.38. The van der Waals surface area contributed by atoms with Gasteiger partial charge in [0.25, 0.3) is 5.91 Å². The average Bonchev–Trinajstić information content (AvgIpc) is 2.70. The Balaban J connectivity index is 1.68. The lowest BCUT2D eigenvalue weighted by molar-refractivity contribution is -0.123. The first-order valence-electron chi connectivity index (χ1n) is 8.82. The zero-order chi connectivity index (χ0) is 20.4. The first-order chi connectivity index (χ1) is 13.5. The Morgan fingerprint density at radius 1 is 1.04 bits per heavy atom. The van der Waals surface area contributed by atoms with Crippen LogP contribution in [0.15, 0.2) is 54.6 Å². The molecule has 2 rings (SSSR count). The first-order valence-corrected chi connectivity index (χ1v) is 9.23. The van der Waals surface area contributed by atoms with Crippen LogP contribution in [-0.4, -0.2) is 23.5 Å². The largest absolute Gasteiger partial charge is 0.484 e. The molecule has 0 aliphatic rings. The Kier molecular flexibility index (Phi) is 8.17. The maximum Gasteiger partial charge on any atom is 0.276 e. The van der Waals surface area contributed by atoms with Gasteiger partial charge in [0, 0.05) is 6.08 Å². The van der Waals surface area contributed by atoms with Gasteiger partial charge < -0.3 is 4.74 Å². The fourth-order valence-corrected chi connectivity index (χ4v) is 2.32. The summed E-state index contributed by atoms with van der Waals surface area (Å²) in [7, 11) is 0. The highest BCUT2D eigenvalue weighted by Crippen LogP contribution is 2.12. The summed E-state index contributed by atoms with van der Waals surface area (Å²) in [6, 6.07) is 15.2. The quantitative estimate of drug-likeness (QED) is 0.397. The van der Waals surface area contributed by atoms with Crippen LogP contribution in [0.5, 0.6) is 5.75 Å². The van der Waals surface area contributed by atoms with E-state index in [1.54, 1.807) is 6.08 Å². The fourth-order valence-electron chi connectivity index (χ4n) is 2.17. The van der Waals surface area contributed by atoms with E-state index in [4.69, 9.17) is 17.0 Å². The van der Waals surface area contributed by atoms with Gasteiger partial charge in [-0.1, -0.05) is 48.9 Å². The van der Waals surface area contributed by atoms with Crippen molar-refractivity contribution in [1.29, 1.82) is 0 Å². The smallest absolute Gasteiger partial charge is 0.276 e. The van der Waals surface area contributed by atoms with Crippen molar-refractivity contribution < 1.29 is 14.3 Å². The van der Waals surface area contributed by atoms with Crippen molar-refractivity contribution in [3.63, 3.8) is 0 Å². The van der Waals surface area contributed by atoms with Crippen molar-refractivity contribution in [3.8, 4) is 5.75 Å². The van der Waals surface area contributed by atoms with Crippen molar-refractivity contribution in [2.45, 2.75) is 20.3 Å².